The second kappa shape index (κ2) is 14.8. The van der Waals surface area contributed by atoms with E-state index in [1.165, 1.54) is 34.4 Å². The van der Waals surface area contributed by atoms with Crippen LogP contribution in [-0.2, 0) is 12.3 Å². The van der Waals surface area contributed by atoms with Crippen molar-refractivity contribution in [1.82, 2.24) is 20.9 Å². The average molecular weight is 612 g/mol. The largest absolute Gasteiger partial charge is 0.341 e. The maximum absolute atomic E-state index is 11.6. The van der Waals surface area contributed by atoms with Crippen LogP contribution in [0.1, 0.15) is 48.3 Å². The Balaban J connectivity index is 1.27. The Morgan fingerprint density at radius 1 is 0.902 bits per heavy atom. The van der Waals surface area contributed by atoms with Gasteiger partial charge in [-0.05, 0) is 128 Å². The number of piperidine rings is 2. The van der Waals surface area contributed by atoms with Gasteiger partial charge in [0, 0.05) is 40.8 Å². The smallest absolute Gasteiger partial charge is 0.314 e. The third-order valence-electron chi connectivity index (χ3n) is 8.24. The fourth-order valence-corrected chi connectivity index (χ4v) is 7.27. The van der Waals surface area contributed by atoms with E-state index in [2.05, 4.69) is 63.3 Å². The number of benzene rings is 3. The number of urea groups is 1. The fourth-order valence-electron chi connectivity index (χ4n) is 5.91. The van der Waals surface area contributed by atoms with Crippen molar-refractivity contribution in [2.75, 3.05) is 39.8 Å². The highest BCUT2D eigenvalue weighted by Crippen LogP contribution is 2.33. The van der Waals surface area contributed by atoms with Crippen molar-refractivity contribution in [2.24, 2.45) is 5.92 Å². The second-order valence-corrected chi connectivity index (χ2v) is 13.2. The van der Waals surface area contributed by atoms with E-state index in [-0.39, 0.29) is 6.03 Å². The molecule has 5 rings (SSSR count). The summed E-state index contributed by atoms with van der Waals surface area (Å²) in [7, 11) is 1.65. The molecule has 2 heterocycles. The molecule has 0 saturated carbocycles. The number of amides is 2. The number of nitrogens with one attached hydrogen (secondary N) is 3. The van der Waals surface area contributed by atoms with Crippen LogP contribution in [0.15, 0.2) is 65.6 Å². The summed E-state index contributed by atoms with van der Waals surface area (Å²) >= 11 is 14.7. The number of likely N-dealkylation sites (tertiary alicyclic amines) is 1. The Labute approximate surface area is 258 Å². The summed E-state index contributed by atoms with van der Waals surface area (Å²) in [6.45, 7) is 5.93. The lowest BCUT2D eigenvalue weighted by Gasteiger charge is -2.32. The van der Waals surface area contributed by atoms with Crippen molar-refractivity contribution in [2.45, 2.75) is 48.8 Å². The van der Waals surface area contributed by atoms with Crippen LogP contribution in [0.3, 0.4) is 0 Å². The Hall–Kier alpha value is -2.22. The van der Waals surface area contributed by atoms with E-state index in [0.29, 0.717) is 21.9 Å². The molecule has 0 unspecified atom stereocenters. The summed E-state index contributed by atoms with van der Waals surface area (Å²) in [5, 5.41) is 10.4. The molecule has 0 aromatic heterocycles. The SMILES string of the molecule is CNC(=O)NCC1CCN(Cc2cc(CSc3ccc(C4CCNCC4)cc3)cc(-c3cc(Cl)cc(Cl)c3)c2)CC1. The van der Waals surface area contributed by atoms with Crippen LogP contribution in [0.25, 0.3) is 11.1 Å². The van der Waals surface area contributed by atoms with E-state index in [1.54, 1.807) is 13.1 Å². The molecular formula is C33H40Cl2N4OS. The van der Waals surface area contributed by atoms with Crippen LogP contribution < -0.4 is 16.0 Å². The molecule has 2 amide bonds. The standard InChI is InChI=1S/C33H40Cl2N4OS/c1-36-33(40)38-20-23-8-12-39(13-9-23)21-24-14-25(16-28(15-24)29-17-30(34)19-31(35)18-29)22-41-32-4-2-26(3-5-32)27-6-10-37-11-7-27/h2-5,14-19,23,27,37H,6-13,20-22H2,1H3,(H2,36,38,40). The minimum absolute atomic E-state index is 0.103. The number of carbonyl (C=O) groups is 1. The minimum Gasteiger partial charge on any atom is -0.341 e. The third-order valence-corrected chi connectivity index (χ3v) is 9.76. The number of halogens is 2. The zero-order valence-electron chi connectivity index (χ0n) is 23.7. The molecule has 3 aromatic rings. The highest BCUT2D eigenvalue weighted by molar-refractivity contribution is 7.98. The van der Waals surface area contributed by atoms with Crippen molar-refractivity contribution >= 4 is 41.0 Å². The van der Waals surface area contributed by atoms with Crippen LogP contribution in [0.2, 0.25) is 10.0 Å². The first-order chi connectivity index (χ1) is 19.9. The minimum atomic E-state index is -0.103. The molecule has 3 N–H and O–H groups in total. The molecule has 2 saturated heterocycles. The second-order valence-electron chi connectivity index (χ2n) is 11.3. The number of hydrogen-bond acceptors (Lipinski definition) is 4. The molecule has 218 valence electrons. The molecule has 0 radical (unpaired) electrons. The lowest BCUT2D eigenvalue weighted by Crippen LogP contribution is -2.40. The topological polar surface area (TPSA) is 56.4 Å². The molecule has 8 heteroatoms. The molecule has 2 aliphatic rings. The molecule has 3 aromatic carbocycles. The monoisotopic (exact) mass is 610 g/mol. The Bertz CT molecular complexity index is 1280. The van der Waals surface area contributed by atoms with Gasteiger partial charge in [-0.3, -0.25) is 4.90 Å². The summed E-state index contributed by atoms with van der Waals surface area (Å²) in [5.74, 6) is 2.10. The van der Waals surface area contributed by atoms with Crippen LogP contribution in [0.5, 0.6) is 0 Å². The van der Waals surface area contributed by atoms with Crippen molar-refractivity contribution in [3.63, 3.8) is 0 Å². The molecule has 2 aliphatic heterocycles. The summed E-state index contributed by atoms with van der Waals surface area (Å²) in [6, 6.07) is 21.8. The quantitative estimate of drug-likeness (QED) is 0.219. The predicted octanol–water partition coefficient (Wildman–Crippen LogP) is 7.56. The van der Waals surface area contributed by atoms with Gasteiger partial charge in [-0.1, -0.05) is 47.5 Å². The van der Waals surface area contributed by atoms with Gasteiger partial charge in [0.25, 0.3) is 0 Å². The van der Waals surface area contributed by atoms with Gasteiger partial charge in [0.15, 0.2) is 0 Å². The molecule has 41 heavy (non-hydrogen) atoms. The van der Waals surface area contributed by atoms with Gasteiger partial charge < -0.3 is 16.0 Å². The first-order valence-electron chi connectivity index (χ1n) is 14.7. The van der Waals surface area contributed by atoms with Gasteiger partial charge in [0.1, 0.15) is 0 Å². The van der Waals surface area contributed by atoms with Gasteiger partial charge in [-0.2, -0.15) is 0 Å². The van der Waals surface area contributed by atoms with Crippen molar-refractivity contribution < 1.29 is 4.79 Å². The van der Waals surface area contributed by atoms with Gasteiger partial charge >= 0.3 is 6.03 Å². The summed E-state index contributed by atoms with van der Waals surface area (Å²) in [5.41, 5.74) is 6.25. The molecule has 2 fully saturated rings. The molecule has 0 aliphatic carbocycles. The number of carbonyl (C=O) groups excluding carboxylic acids is 1. The lowest BCUT2D eigenvalue weighted by atomic mass is 9.90. The highest BCUT2D eigenvalue weighted by atomic mass is 35.5. The fraction of sp³-hybridized carbons (Fsp3) is 0.424. The van der Waals surface area contributed by atoms with Crippen molar-refractivity contribution in [3.8, 4) is 11.1 Å². The Morgan fingerprint density at radius 2 is 1.56 bits per heavy atom. The van der Waals surface area contributed by atoms with E-state index in [4.69, 9.17) is 23.2 Å². The number of rotatable bonds is 9. The van der Waals surface area contributed by atoms with Gasteiger partial charge in [0.05, 0.1) is 0 Å². The van der Waals surface area contributed by atoms with Crippen LogP contribution in [0, 0.1) is 5.92 Å². The maximum atomic E-state index is 11.6. The van der Waals surface area contributed by atoms with E-state index in [0.717, 1.165) is 69.0 Å². The average Bonchev–Trinajstić information content (AvgIpc) is 2.99. The first kappa shape index (κ1) is 30.2. The maximum Gasteiger partial charge on any atom is 0.314 e. The lowest BCUT2D eigenvalue weighted by molar-refractivity contribution is 0.175. The molecule has 0 atom stereocenters. The van der Waals surface area contributed by atoms with E-state index >= 15 is 0 Å². The number of thioether (sulfide) groups is 1. The van der Waals surface area contributed by atoms with Gasteiger partial charge in [-0.15, -0.1) is 11.8 Å². The molecule has 5 nitrogen and oxygen atoms in total. The van der Waals surface area contributed by atoms with Gasteiger partial charge in [0.2, 0.25) is 0 Å². The number of hydrogen-bond donors (Lipinski definition) is 3. The molecule has 0 bridgehead atoms. The molecular weight excluding hydrogens is 571 g/mol. The van der Waals surface area contributed by atoms with Gasteiger partial charge in [-0.25, -0.2) is 4.79 Å². The summed E-state index contributed by atoms with van der Waals surface area (Å²) in [4.78, 5) is 15.4. The van der Waals surface area contributed by atoms with E-state index in [9.17, 15) is 4.79 Å². The Morgan fingerprint density at radius 3 is 2.24 bits per heavy atom. The van der Waals surface area contributed by atoms with E-state index < -0.39 is 0 Å². The highest BCUT2D eigenvalue weighted by Gasteiger charge is 2.20. The zero-order chi connectivity index (χ0) is 28.6. The first-order valence-corrected chi connectivity index (χ1v) is 16.4. The number of nitrogens with zero attached hydrogens (tertiary/aromatic N) is 1. The van der Waals surface area contributed by atoms with Crippen molar-refractivity contribution in [3.05, 3.63) is 87.4 Å². The van der Waals surface area contributed by atoms with Crippen LogP contribution in [-0.4, -0.2) is 50.7 Å². The summed E-state index contributed by atoms with van der Waals surface area (Å²) in [6.07, 6.45) is 4.62. The zero-order valence-corrected chi connectivity index (χ0v) is 26.1. The van der Waals surface area contributed by atoms with Crippen LogP contribution in [0.4, 0.5) is 4.79 Å². The Kier molecular flexibility index (Phi) is 10.9. The summed E-state index contributed by atoms with van der Waals surface area (Å²) < 4.78 is 0. The van der Waals surface area contributed by atoms with Crippen LogP contribution >= 0.6 is 35.0 Å². The normalized spacial score (nSPS) is 17.0. The van der Waals surface area contributed by atoms with Crippen molar-refractivity contribution in [1.29, 1.82) is 0 Å². The third kappa shape index (κ3) is 8.89. The van der Waals surface area contributed by atoms with E-state index in [1.807, 2.05) is 23.9 Å². The molecule has 0 spiro atoms. The predicted molar refractivity (Wildman–Crippen MR) is 173 cm³/mol.